The van der Waals surface area contributed by atoms with Gasteiger partial charge in [-0.15, -0.1) is 11.3 Å². The standard InChI is InChI=1S/C20H28N2O3S/c1-2-17-12-15(13-26-17)18(23)21-9-7-20(14-21)6-3-8-22(19(20)24)16-4-10-25-11-5-16/h12-13,16H,2-11,14H2,1H3. The maximum absolute atomic E-state index is 13.4. The molecule has 26 heavy (non-hydrogen) atoms. The molecule has 4 rings (SSSR count). The van der Waals surface area contributed by atoms with Crippen LogP contribution < -0.4 is 0 Å². The summed E-state index contributed by atoms with van der Waals surface area (Å²) in [5.74, 6) is 0.374. The Kier molecular flexibility index (Phi) is 5.06. The number of hydrogen-bond acceptors (Lipinski definition) is 4. The summed E-state index contributed by atoms with van der Waals surface area (Å²) in [5, 5.41) is 1.96. The molecule has 0 bridgehead atoms. The minimum atomic E-state index is -0.351. The van der Waals surface area contributed by atoms with Gasteiger partial charge in [-0.3, -0.25) is 9.59 Å². The monoisotopic (exact) mass is 376 g/mol. The average molecular weight is 377 g/mol. The van der Waals surface area contributed by atoms with Crippen LogP contribution in [0, 0.1) is 5.41 Å². The molecule has 1 aromatic heterocycles. The first-order chi connectivity index (χ1) is 12.6. The second kappa shape index (κ2) is 7.31. The van der Waals surface area contributed by atoms with Crippen molar-refractivity contribution in [1.29, 1.82) is 0 Å². The van der Waals surface area contributed by atoms with E-state index in [1.807, 2.05) is 16.3 Å². The molecule has 2 amide bonds. The van der Waals surface area contributed by atoms with Crippen molar-refractivity contribution in [1.82, 2.24) is 9.80 Å². The van der Waals surface area contributed by atoms with Gasteiger partial charge in [-0.1, -0.05) is 6.92 Å². The second-order valence-electron chi connectivity index (χ2n) is 7.86. The Morgan fingerprint density at radius 1 is 1.31 bits per heavy atom. The van der Waals surface area contributed by atoms with Crippen LogP contribution in [0.4, 0.5) is 0 Å². The highest BCUT2D eigenvalue weighted by molar-refractivity contribution is 7.10. The van der Waals surface area contributed by atoms with Gasteiger partial charge in [0.15, 0.2) is 0 Å². The van der Waals surface area contributed by atoms with Crippen molar-refractivity contribution in [2.24, 2.45) is 5.41 Å². The number of piperidine rings is 1. The van der Waals surface area contributed by atoms with Gasteiger partial charge in [0.2, 0.25) is 5.91 Å². The summed E-state index contributed by atoms with van der Waals surface area (Å²) in [6.45, 7) is 5.76. The number of hydrogen-bond donors (Lipinski definition) is 0. The van der Waals surface area contributed by atoms with Gasteiger partial charge in [-0.25, -0.2) is 0 Å². The van der Waals surface area contributed by atoms with Crippen molar-refractivity contribution >= 4 is 23.2 Å². The van der Waals surface area contributed by atoms with E-state index in [2.05, 4.69) is 11.8 Å². The summed E-state index contributed by atoms with van der Waals surface area (Å²) in [4.78, 5) is 31.5. The van der Waals surface area contributed by atoms with Crippen LogP contribution in [0.3, 0.4) is 0 Å². The third-order valence-electron chi connectivity index (χ3n) is 6.29. The highest BCUT2D eigenvalue weighted by Crippen LogP contribution is 2.42. The zero-order valence-electron chi connectivity index (χ0n) is 15.5. The number of thiophene rings is 1. The minimum absolute atomic E-state index is 0.0915. The number of nitrogens with zero attached hydrogens (tertiary/aromatic N) is 2. The molecular formula is C20H28N2O3S. The summed E-state index contributed by atoms with van der Waals surface area (Å²) in [7, 11) is 0. The smallest absolute Gasteiger partial charge is 0.254 e. The number of ether oxygens (including phenoxy) is 1. The molecule has 0 aliphatic carbocycles. The molecule has 3 saturated heterocycles. The fourth-order valence-electron chi connectivity index (χ4n) is 4.73. The van der Waals surface area contributed by atoms with Crippen LogP contribution in [-0.4, -0.2) is 60.5 Å². The molecule has 0 N–H and O–H groups in total. The Labute approximate surface area is 159 Å². The van der Waals surface area contributed by atoms with Gasteiger partial charge < -0.3 is 14.5 Å². The Morgan fingerprint density at radius 3 is 2.85 bits per heavy atom. The van der Waals surface area contributed by atoms with Gasteiger partial charge in [0.05, 0.1) is 11.0 Å². The van der Waals surface area contributed by atoms with E-state index < -0.39 is 0 Å². The molecule has 3 aliphatic rings. The molecule has 1 aromatic rings. The Bertz CT molecular complexity index is 682. The maximum atomic E-state index is 13.4. The highest BCUT2D eigenvalue weighted by atomic mass is 32.1. The summed E-state index contributed by atoms with van der Waals surface area (Å²) in [5.41, 5.74) is 0.434. The van der Waals surface area contributed by atoms with Crippen LogP contribution in [0.15, 0.2) is 11.4 Å². The lowest BCUT2D eigenvalue weighted by Gasteiger charge is -2.44. The van der Waals surface area contributed by atoms with Gasteiger partial charge in [0.1, 0.15) is 0 Å². The van der Waals surface area contributed by atoms with Crippen LogP contribution in [0.2, 0.25) is 0 Å². The summed E-state index contributed by atoms with van der Waals surface area (Å²) >= 11 is 1.65. The van der Waals surface area contributed by atoms with E-state index in [1.165, 1.54) is 4.88 Å². The largest absolute Gasteiger partial charge is 0.381 e. The quantitative estimate of drug-likeness (QED) is 0.815. The van der Waals surface area contributed by atoms with Gasteiger partial charge in [0.25, 0.3) is 5.91 Å². The van der Waals surface area contributed by atoms with Gasteiger partial charge in [0, 0.05) is 49.1 Å². The normalized spacial score (nSPS) is 27.5. The predicted octanol–water partition coefficient (Wildman–Crippen LogP) is 2.94. The SMILES string of the molecule is CCc1cc(C(=O)N2CCC3(CCCN(C4CCOCC4)C3=O)C2)cs1. The Balaban J connectivity index is 1.47. The van der Waals surface area contributed by atoms with Crippen molar-refractivity contribution in [3.8, 4) is 0 Å². The van der Waals surface area contributed by atoms with Crippen molar-refractivity contribution in [3.63, 3.8) is 0 Å². The van der Waals surface area contributed by atoms with Crippen LogP contribution >= 0.6 is 11.3 Å². The number of rotatable bonds is 3. The Hall–Kier alpha value is -1.40. The molecular weight excluding hydrogens is 348 g/mol. The highest BCUT2D eigenvalue weighted by Gasteiger charge is 2.50. The van der Waals surface area contributed by atoms with Gasteiger partial charge in [-0.2, -0.15) is 0 Å². The zero-order chi connectivity index (χ0) is 18.1. The predicted molar refractivity (Wildman–Crippen MR) is 101 cm³/mol. The molecule has 0 aromatic carbocycles. The molecule has 1 spiro atoms. The molecule has 3 fully saturated rings. The van der Waals surface area contributed by atoms with Crippen molar-refractivity contribution in [2.75, 3.05) is 32.8 Å². The van der Waals surface area contributed by atoms with E-state index in [0.717, 1.165) is 63.8 Å². The first kappa shape index (κ1) is 18.0. The molecule has 6 heteroatoms. The molecule has 0 saturated carbocycles. The van der Waals surface area contributed by atoms with E-state index in [-0.39, 0.29) is 17.2 Å². The second-order valence-corrected chi connectivity index (χ2v) is 8.85. The summed E-state index contributed by atoms with van der Waals surface area (Å²) in [6.07, 6.45) is 5.61. The molecule has 1 unspecified atom stereocenters. The fraction of sp³-hybridized carbons (Fsp3) is 0.700. The number of carbonyl (C=O) groups excluding carboxylic acids is 2. The van der Waals surface area contributed by atoms with Crippen LogP contribution in [0.5, 0.6) is 0 Å². The molecule has 5 nitrogen and oxygen atoms in total. The number of aryl methyl sites for hydroxylation is 1. The van der Waals surface area contributed by atoms with Gasteiger partial charge >= 0.3 is 0 Å². The van der Waals surface area contributed by atoms with E-state index in [1.54, 1.807) is 11.3 Å². The fourth-order valence-corrected chi connectivity index (χ4v) is 5.54. The van der Waals surface area contributed by atoms with E-state index in [9.17, 15) is 9.59 Å². The molecule has 3 aliphatic heterocycles. The molecule has 4 heterocycles. The number of carbonyl (C=O) groups is 2. The summed E-state index contributed by atoms with van der Waals surface area (Å²) in [6, 6.07) is 2.33. The third-order valence-corrected chi connectivity index (χ3v) is 7.37. The topological polar surface area (TPSA) is 49.9 Å². The lowest BCUT2D eigenvalue weighted by molar-refractivity contribution is -0.150. The molecule has 0 radical (unpaired) electrons. The first-order valence-corrected chi connectivity index (χ1v) is 10.8. The van der Waals surface area contributed by atoms with Gasteiger partial charge in [-0.05, 0) is 44.6 Å². The lowest BCUT2D eigenvalue weighted by Crippen LogP contribution is -2.55. The zero-order valence-corrected chi connectivity index (χ0v) is 16.4. The van der Waals surface area contributed by atoms with Crippen LogP contribution in [0.25, 0.3) is 0 Å². The summed E-state index contributed by atoms with van der Waals surface area (Å²) < 4.78 is 5.46. The molecule has 1 atom stereocenters. The minimum Gasteiger partial charge on any atom is -0.381 e. The van der Waals surface area contributed by atoms with E-state index >= 15 is 0 Å². The van der Waals surface area contributed by atoms with Crippen molar-refractivity contribution in [2.45, 2.75) is 51.5 Å². The van der Waals surface area contributed by atoms with E-state index in [4.69, 9.17) is 4.74 Å². The van der Waals surface area contributed by atoms with Crippen LogP contribution in [0.1, 0.15) is 54.3 Å². The third kappa shape index (κ3) is 3.18. The number of likely N-dealkylation sites (tertiary alicyclic amines) is 2. The maximum Gasteiger partial charge on any atom is 0.254 e. The average Bonchev–Trinajstić information content (AvgIpc) is 3.32. The van der Waals surface area contributed by atoms with Crippen LogP contribution in [-0.2, 0) is 16.0 Å². The number of amides is 2. The van der Waals surface area contributed by atoms with E-state index in [0.29, 0.717) is 19.1 Å². The Morgan fingerprint density at radius 2 is 2.12 bits per heavy atom. The van der Waals surface area contributed by atoms with Crippen molar-refractivity contribution < 1.29 is 14.3 Å². The molecule has 142 valence electrons. The lowest BCUT2D eigenvalue weighted by atomic mass is 9.77. The first-order valence-electron chi connectivity index (χ1n) is 9.88. The van der Waals surface area contributed by atoms with Crippen molar-refractivity contribution in [3.05, 3.63) is 21.9 Å².